The summed E-state index contributed by atoms with van der Waals surface area (Å²) in [6, 6.07) is 6.58. The van der Waals surface area contributed by atoms with Crippen LogP contribution in [0, 0.1) is 5.82 Å². The summed E-state index contributed by atoms with van der Waals surface area (Å²) >= 11 is 0. The highest BCUT2D eigenvalue weighted by atomic mass is 19.1. The summed E-state index contributed by atoms with van der Waals surface area (Å²) < 4.78 is 13.0. The summed E-state index contributed by atoms with van der Waals surface area (Å²) in [5.74, 6) is -0.210. The molecule has 27 heavy (non-hydrogen) atoms. The van der Waals surface area contributed by atoms with Crippen LogP contribution in [0.5, 0.6) is 0 Å². The summed E-state index contributed by atoms with van der Waals surface area (Å²) in [5.41, 5.74) is 6.36. The smallest absolute Gasteiger partial charge is 0.123 e. The number of allylic oxidation sites excluding steroid dienone is 2. The monoisotopic (exact) mass is 365 g/mol. The van der Waals surface area contributed by atoms with E-state index in [4.69, 9.17) is 0 Å². The Hall–Kier alpha value is -2.59. The van der Waals surface area contributed by atoms with Gasteiger partial charge in [0.15, 0.2) is 0 Å². The minimum atomic E-state index is -0.210. The third-order valence-electron chi connectivity index (χ3n) is 5.21. The van der Waals surface area contributed by atoms with Gasteiger partial charge in [0.05, 0.1) is 11.4 Å². The molecule has 0 aromatic heterocycles. The van der Waals surface area contributed by atoms with Crippen LogP contribution in [0.2, 0.25) is 0 Å². The average molecular weight is 365 g/mol. The molecular formula is C23H28FN3. The summed E-state index contributed by atoms with van der Waals surface area (Å²) in [6.07, 6.45) is 6.35. The number of hydrogen-bond acceptors (Lipinski definition) is 3. The molecule has 2 aliphatic heterocycles. The first-order valence-corrected chi connectivity index (χ1v) is 9.40. The molecule has 2 heterocycles. The van der Waals surface area contributed by atoms with E-state index in [1.165, 1.54) is 12.1 Å². The molecule has 0 saturated carbocycles. The lowest BCUT2D eigenvalue weighted by Crippen LogP contribution is -2.34. The van der Waals surface area contributed by atoms with Crippen LogP contribution in [-0.4, -0.2) is 36.5 Å². The number of halogens is 1. The van der Waals surface area contributed by atoms with Gasteiger partial charge in [0.25, 0.3) is 0 Å². The maximum atomic E-state index is 13.0. The van der Waals surface area contributed by atoms with Gasteiger partial charge in [-0.15, -0.1) is 0 Å². The lowest BCUT2D eigenvalue weighted by molar-refractivity contribution is 0.326. The first kappa shape index (κ1) is 19.2. The molecule has 0 amide bonds. The van der Waals surface area contributed by atoms with Crippen LogP contribution < -0.4 is 5.32 Å². The van der Waals surface area contributed by atoms with Gasteiger partial charge < -0.3 is 15.1 Å². The first-order chi connectivity index (χ1) is 13.0. The Balaban J connectivity index is 1.76. The number of fused-ring (bicyclic) bond motifs is 1. The Kier molecular flexibility index (Phi) is 5.97. The fourth-order valence-electron chi connectivity index (χ4n) is 3.56. The van der Waals surface area contributed by atoms with Crippen LogP contribution >= 0.6 is 0 Å². The van der Waals surface area contributed by atoms with Crippen LogP contribution in [0.3, 0.4) is 0 Å². The number of hydrogen-bond donors (Lipinski definition) is 1. The molecule has 0 bridgehead atoms. The Bertz CT molecular complexity index is 801. The van der Waals surface area contributed by atoms with Crippen LogP contribution in [-0.2, 0) is 6.54 Å². The van der Waals surface area contributed by atoms with Gasteiger partial charge in [-0.1, -0.05) is 37.9 Å². The van der Waals surface area contributed by atoms with Crippen molar-refractivity contribution >= 4 is 0 Å². The molecule has 0 spiro atoms. The van der Waals surface area contributed by atoms with Crippen molar-refractivity contribution in [3.63, 3.8) is 0 Å². The van der Waals surface area contributed by atoms with Crippen molar-refractivity contribution in [1.29, 1.82) is 0 Å². The molecule has 0 atom stereocenters. The molecule has 0 unspecified atom stereocenters. The Morgan fingerprint density at radius 2 is 1.81 bits per heavy atom. The van der Waals surface area contributed by atoms with Crippen molar-refractivity contribution in [2.75, 3.05) is 26.7 Å². The summed E-state index contributed by atoms with van der Waals surface area (Å²) in [4.78, 5) is 4.50. The number of nitrogens with one attached hydrogen (secondary N) is 1. The zero-order chi connectivity index (χ0) is 19.4. The molecular weight excluding hydrogens is 337 g/mol. The number of likely N-dealkylation sites (N-methyl/N-ethyl adjacent to an activating group) is 1. The van der Waals surface area contributed by atoms with Gasteiger partial charge in [-0.3, -0.25) is 0 Å². The molecule has 1 aromatic carbocycles. The second-order valence-corrected chi connectivity index (χ2v) is 7.10. The number of benzene rings is 1. The van der Waals surface area contributed by atoms with Crippen molar-refractivity contribution in [1.82, 2.24) is 15.1 Å². The largest absolute Gasteiger partial charge is 0.373 e. The van der Waals surface area contributed by atoms with E-state index in [0.29, 0.717) is 13.1 Å². The van der Waals surface area contributed by atoms with E-state index in [2.05, 4.69) is 48.1 Å². The molecule has 3 rings (SSSR count). The van der Waals surface area contributed by atoms with E-state index in [0.717, 1.165) is 59.6 Å². The van der Waals surface area contributed by atoms with Crippen molar-refractivity contribution in [2.45, 2.75) is 19.4 Å². The highest BCUT2D eigenvalue weighted by Crippen LogP contribution is 2.35. The molecule has 1 saturated heterocycles. The molecule has 3 nitrogen and oxygen atoms in total. The van der Waals surface area contributed by atoms with Crippen LogP contribution in [0.15, 0.2) is 84.4 Å². The van der Waals surface area contributed by atoms with Crippen molar-refractivity contribution in [3.05, 3.63) is 95.8 Å². The fourth-order valence-corrected chi connectivity index (χ4v) is 3.56. The zero-order valence-electron chi connectivity index (χ0n) is 16.1. The maximum absolute atomic E-state index is 13.0. The predicted molar refractivity (Wildman–Crippen MR) is 110 cm³/mol. The van der Waals surface area contributed by atoms with E-state index >= 15 is 0 Å². The first-order valence-electron chi connectivity index (χ1n) is 9.40. The zero-order valence-corrected chi connectivity index (χ0v) is 16.1. The van der Waals surface area contributed by atoms with Crippen molar-refractivity contribution in [2.24, 2.45) is 0 Å². The van der Waals surface area contributed by atoms with E-state index in [9.17, 15) is 4.39 Å². The molecule has 2 aliphatic rings. The summed E-state index contributed by atoms with van der Waals surface area (Å²) in [6.45, 7) is 16.0. The second kappa shape index (κ2) is 8.40. The van der Waals surface area contributed by atoms with Gasteiger partial charge in [-0.2, -0.15) is 0 Å². The normalized spacial score (nSPS) is 18.1. The molecule has 142 valence electrons. The Labute approximate surface area is 161 Å². The molecule has 1 aromatic rings. The molecule has 0 radical (unpaired) electrons. The van der Waals surface area contributed by atoms with E-state index < -0.39 is 0 Å². The van der Waals surface area contributed by atoms with Crippen LogP contribution in [0.25, 0.3) is 0 Å². The minimum absolute atomic E-state index is 0.210. The molecule has 0 aliphatic carbocycles. The minimum Gasteiger partial charge on any atom is -0.373 e. The van der Waals surface area contributed by atoms with Crippen LogP contribution in [0.1, 0.15) is 18.4 Å². The van der Waals surface area contributed by atoms with Crippen molar-refractivity contribution in [3.8, 4) is 0 Å². The fraction of sp³-hybridized carbons (Fsp3) is 0.304. The molecule has 1 N–H and O–H groups in total. The highest BCUT2D eigenvalue weighted by Gasteiger charge is 2.26. The van der Waals surface area contributed by atoms with Crippen LogP contribution in [0.4, 0.5) is 4.39 Å². The van der Waals surface area contributed by atoms with Gasteiger partial charge in [0.2, 0.25) is 0 Å². The van der Waals surface area contributed by atoms with Gasteiger partial charge >= 0.3 is 0 Å². The molecule has 1 fully saturated rings. The maximum Gasteiger partial charge on any atom is 0.123 e. The van der Waals surface area contributed by atoms with Gasteiger partial charge in [-0.25, -0.2) is 4.39 Å². The topological polar surface area (TPSA) is 18.5 Å². The summed E-state index contributed by atoms with van der Waals surface area (Å²) in [5, 5.41) is 3.44. The van der Waals surface area contributed by atoms with Gasteiger partial charge in [-0.05, 0) is 41.7 Å². The van der Waals surface area contributed by atoms with Crippen molar-refractivity contribution < 1.29 is 4.39 Å². The second-order valence-electron chi connectivity index (χ2n) is 7.10. The van der Waals surface area contributed by atoms with E-state index in [-0.39, 0.29) is 5.82 Å². The third-order valence-corrected chi connectivity index (χ3v) is 5.21. The van der Waals surface area contributed by atoms with E-state index in [1.54, 1.807) is 12.1 Å². The van der Waals surface area contributed by atoms with Gasteiger partial charge in [0, 0.05) is 45.0 Å². The standard InChI is InChI=1S/C23H28FN3/c1-5-22-17(2)20(15-25-14-19-8-10-21(24)11-9-19)16-27-13-7-6-12-26(4)18(3)23(22)27/h5,8-11,16,25H,1-3,6-7,12-15H2,4H3. The third kappa shape index (κ3) is 4.22. The lowest BCUT2D eigenvalue weighted by atomic mass is 9.92. The number of rotatable bonds is 5. The number of nitrogens with zero attached hydrogens (tertiary/aromatic N) is 2. The highest BCUT2D eigenvalue weighted by molar-refractivity contribution is 5.59. The Morgan fingerprint density at radius 3 is 2.52 bits per heavy atom. The summed E-state index contributed by atoms with van der Waals surface area (Å²) in [7, 11) is 2.09. The predicted octanol–water partition coefficient (Wildman–Crippen LogP) is 4.35. The molecule has 4 heteroatoms. The Morgan fingerprint density at radius 1 is 1.11 bits per heavy atom. The quantitative estimate of drug-likeness (QED) is 0.837. The average Bonchev–Trinajstić information content (AvgIpc) is 2.66. The SMILES string of the molecule is C=CC1=C2C(=C)N(C)CCCCN2C=C(CNCc2ccc(F)cc2)C1=C. The lowest BCUT2D eigenvalue weighted by Gasteiger charge is -2.38. The van der Waals surface area contributed by atoms with Gasteiger partial charge in [0.1, 0.15) is 5.82 Å². The van der Waals surface area contributed by atoms with E-state index in [1.807, 2.05) is 6.08 Å².